The van der Waals surface area contributed by atoms with E-state index in [1.54, 1.807) is 11.8 Å². The standard InChI is InChI=1S/C13H23NO3/c1-9(15)10-5-7-11(8-6-10)14(12(16)17)13(2,3)4/h10-11H,5-8H2,1-4H3,(H,16,17). The van der Waals surface area contributed by atoms with E-state index in [9.17, 15) is 14.7 Å². The second-order valence-electron chi connectivity index (χ2n) is 5.94. The summed E-state index contributed by atoms with van der Waals surface area (Å²) in [5, 5.41) is 9.30. The van der Waals surface area contributed by atoms with E-state index in [-0.39, 0.29) is 23.3 Å². The van der Waals surface area contributed by atoms with Crippen molar-refractivity contribution in [2.45, 2.75) is 65.0 Å². The number of amides is 1. The molecule has 1 fully saturated rings. The molecular weight excluding hydrogens is 218 g/mol. The van der Waals surface area contributed by atoms with Gasteiger partial charge in [-0.05, 0) is 53.4 Å². The van der Waals surface area contributed by atoms with Gasteiger partial charge in [-0.3, -0.25) is 4.79 Å². The maximum absolute atomic E-state index is 11.3. The number of carbonyl (C=O) groups excluding carboxylic acids is 1. The Morgan fingerprint density at radius 3 is 1.88 bits per heavy atom. The highest BCUT2D eigenvalue weighted by Crippen LogP contribution is 2.31. The van der Waals surface area contributed by atoms with Crippen molar-refractivity contribution in [1.82, 2.24) is 4.90 Å². The molecule has 0 radical (unpaired) electrons. The van der Waals surface area contributed by atoms with Gasteiger partial charge in [-0.1, -0.05) is 0 Å². The van der Waals surface area contributed by atoms with Crippen LogP contribution in [0.15, 0.2) is 0 Å². The van der Waals surface area contributed by atoms with Gasteiger partial charge < -0.3 is 10.0 Å². The Labute approximate surface area is 103 Å². The van der Waals surface area contributed by atoms with Gasteiger partial charge in [0.1, 0.15) is 5.78 Å². The molecule has 0 aromatic rings. The fourth-order valence-electron chi connectivity index (χ4n) is 2.73. The third-order valence-electron chi connectivity index (χ3n) is 3.57. The van der Waals surface area contributed by atoms with Crippen LogP contribution in [0.1, 0.15) is 53.4 Å². The molecule has 1 rings (SSSR count). The van der Waals surface area contributed by atoms with Gasteiger partial charge in [0, 0.05) is 17.5 Å². The minimum absolute atomic E-state index is 0.0584. The fraction of sp³-hybridized carbons (Fsp3) is 0.846. The number of hydrogen-bond acceptors (Lipinski definition) is 2. The summed E-state index contributed by atoms with van der Waals surface area (Å²) >= 11 is 0. The summed E-state index contributed by atoms with van der Waals surface area (Å²) in [6.07, 6.45) is 2.38. The van der Waals surface area contributed by atoms with Crippen LogP contribution in [-0.4, -0.2) is 33.5 Å². The lowest BCUT2D eigenvalue weighted by Crippen LogP contribution is -2.52. The van der Waals surface area contributed by atoms with E-state index in [0.29, 0.717) is 0 Å². The zero-order chi connectivity index (χ0) is 13.2. The SMILES string of the molecule is CC(=O)C1CCC(N(C(=O)O)C(C)(C)C)CC1. The second kappa shape index (κ2) is 5.07. The molecule has 0 unspecified atom stereocenters. The number of ketones is 1. The average molecular weight is 241 g/mol. The van der Waals surface area contributed by atoms with Crippen LogP contribution in [0.5, 0.6) is 0 Å². The summed E-state index contributed by atoms with van der Waals surface area (Å²) in [7, 11) is 0. The topological polar surface area (TPSA) is 57.6 Å². The highest BCUT2D eigenvalue weighted by molar-refractivity contribution is 5.78. The summed E-state index contributed by atoms with van der Waals surface area (Å²) < 4.78 is 0. The monoisotopic (exact) mass is 241 g/mol. The summed E-state index contributed by atoms with van der Waals surface area (Å²) in [4.78, 5) is 24.1. The maximum atomic E-state index is 11.3. The normalized spacial score (nSPS) is 25.4. The first kappa shape index (κ1) is 14.0. The first-order chi connectivity index (χ1) is 7.73. The van der Waals surface area contributed by atoms with Crippen molar-refractivity contribution in [2.24, 2.45) is 5.92 Å². The molecule has 0 aromatic heterocycles. The van der Waals surface area contributed by atoms with Crippen LogP contribution < -0.4 is 0 Å². The van der Waals surface area contributed by atoms with Crippen molar-refractivity contribution in [2.75, 3.05) is 0 Å². The molecule has 0 heterocycles. The number of nitrogens with zero attached hydrogens (tertiary/aromatic N) is 1. The minimum Gasteiger partial charge on any atom is -0.465 e. The molecular formula is C13H23NO3. The Morgan fingerprint density at radius 2 is 1.59 bits per heavy atom. The molecule has 1 aliphatic carbocycles. The molecule has 0 bridgehead atoms. The van der Waals surface area contributed by atoms with E-state index in [2.05, 4.69) is 0 Å². The quantitative estimate of drug-likeness (QED) is 0.808. The molecule has 0 saturated heterocycles. The number of carbonyl (C=O) groups is 2. The van der Waals surface area contributed by atoms with E-state index < -0.39 is 6.09 Å². The summed E-state index contributed by atoms with van der Waals surface area (Å²) in [5.74, 6) is 0.378. The Kier molecular flexibility index (Phi) is 4.17. The average Bonchev–Trinajstić information content (AvgIpc) is 2.15. The Bertz CT molecular complexity index is 298. The van der Waals surface area contributed by atoms with Crippen LogP contribution in [0.25, 0.3) is 0 Å². The van der Waals surface area contributed by atoms with Crippen molar-refractivity contribution >= 4 is 11.9 Å². The van der Waals surface area contributed by atoms with E-state index in [1.807, 2.05) is 20.8 Å². The van der Waals surface area contributed by atoms with E-state index in [4.69, 9.17) is 0 Å². The van der Waals surface area contributed by atoms with Crippen LogP contribution >= 0.6 is 0 Å². The minimum atomic E-state index is -0.858. The molecule has 17 heavy (non-hydrogen) atoms. The van der Waals surface area contributed by atoms with E-state index in [0.717, 1.165) is 25.7 Å². The number of carboxylic acid groups (broad SMARTS) is 1. The lowest BCUT2D eigenvalue weighted by molar-refractivity contribution is -0.122. The van der Waals surface area contributed by atoms with Crippen LogP contribution in [-0.2, 0) is 4.79 Å². The zero-order valence-electron chi connectivity index (χ0n) is 11.2. The van der Waals surface area contributed by atoms with E-state index >= 15 is 0 Å². The van der Waals surface area contributed by atoms with Crippen molar-refractivity contribution < 1.29 is 14.7 Å². The summed E-state index contributed by atoms with van der Waals surface area (Å²) in [6.45, 7) is 7.37. The zero-order valence-corrected chi connectivity index (χ0v) is 11.2. The number of hydrogen-bond donors (Lipinski definition) is 1. The first-order valence-corrected chi connectivity index (χ1v) is 6.26. The smallest absolute Gasteiger partial charge is 0.407 e. The predicted octanol–water partition coefficient (Wildman–Crippen LogP) is 2.91. The van der Waals surface area contributed by atoms with Gasteiger partial charge in [0.05, 0.1) is 0 Å². The van der Waals surface area contributed by atoms with Crippen LogP contribution in [0, 0.1) is 5.92 Å². The maximum Gasteiger partial charge on any atom is 0.407 e. The first-order valence-electron chi connectivity index (χ1n) is 6.26. The molecule has 98 valence electrons. The molecule has 4 nitrogen and oxygen atoms in total. The highest BCUT2D eigenvalue weighted by Gasteiger charge is 2.36. The Morgan fingerprint density at radius 1 is 1.12 bits per heavy atom. The largest absolute Gasteiger partial charge is 0.465 e. The van der Waals surface area contributed by atoms with Gasteiger partial charge >= 0.3 is 6.09 Å². The molecule has 0 aromatic carbocycles. The molecule has 0 spiro atoms. The number of rotatable bonds is 2. The Hall–Kier alpha value is -1.06. The van der Waals surface area contributed by atoms with Crippen molar-refractivity contribution in [3.63, 3.8) is 0 Å². The van der Waals surface area contributed by atoms with Crippen LogP contribution in [0.4, 0.5) is 4.79 Å². The third-order valence-corrected chi connectivity index (χ3v) is 3.57. The van der Waals surface area contributed by atoms with Crippen LogP contribution in [0.3, 0.4) is 0 Å². The van der Waals surface area contributed by atoms with Gasteiger partial charge in [0.25, 0.3) is 0 Å². The lowest BCUT2D eigenvalue weighted by atomic mass is 9.82. The van der Waals surface area contributed by atoms with Gasteiger partial charge in [0.2, 0.25) is 0 Å². The van der Waals surface area contributed by atoms with E-state index in [1.165, 1.54) is 0 Å². The lowest BCUT2D eigenvalue weighted by Gasteiger charge is -2.42. The molecule has 0 atom stereocenters. The summed E-state index contributed by atoms with van der Waals surface area (Å²) in [6, 6.07) is 0.0584. The third kappa shape index (κ3) is 3.45. The fourth-order valence-corrected chi connectivity index (χ4v) is 2.73. The predicted molar refractivity (Wildman–Crippen MR) is 66.0 cm³/mol. The highest BCUT2D eigenvalue weighted by atomic mass is 16.4. The Balaban J connectivity index is 2.68. The van der Waals surface area contributed by atoms with Gasteiger partial charge in [-0.15, -0.1) is 0 Å². The summed E-state index contributed by atoms with van der Waals surface area (Å²) in [5.41, 5.74) is -0.375. The van der Waals surface area contributed by atoms with Crippen molar-refractivity contribution in [3.05, 3.63) is 0 Å². The van der Waals surface area contributed by atoms with Crippen molar-refractivity contribution in [3.8, 4) is 0 Å². The molecule has 1 aliphatic rings. The van der Waals surface area contributed by atoms with Crippen molar-refractivity contribution in [1.29, 1.82) is 0 Å². The molecule has 4 heteroatoms. The molecule has 1 saturated carbocycles. The second-order valence-corrected chi connectivity index (χ2v) is 5.94. The van der Waals surface area contributed by atoms with Crippen LogP contribution in [0.2, 0.25) is 0 Å². The van der Waals surface area contributed by atoms with Gasteiger partial charge in [-0.2, -0.15) is 0 Å². The molecule has 0 aliphatic heterocycles. The number of Topliss-reactive ketones (excluding diaryl/α,β-unsaturated/α-hetero) is 1. The molecule has 1 N–H and O–H groups in total. The van der Waals surface area contributed by atoms with Gasteiger partial charge in [0.15, 0.2) is 0 Å². The van der Waals surface area contributed by atoms with Gasteiger partial charge in [-0.25, -0.2) is 4.79 Å². The molecule has 1 amide bonds.